The van der Waals surface area contributed by atoms with E-state index in [4.69, 9.17) is 4.74 Å². The maximum Gasteiger partial charge on any atom is 0.0662 e. The van der Waals surface area contributed by atoms with Gasteiger partial charge in [-0.1, -0.05) is 29.3 Å². The van der Waals surface area contributed by atoms with E-state index in [2.05, 4.69) is 37.4 Å². The van der Waals surface area contributed by atoms with Crippen LogP contribution in [-0.4, -0.2) is 19.8 Å². The summed E-state index contributed by atoms with van der Waals surface area (Å²) in [6.07, 6.45) is 0. The molecule has 1 N–H and O–H groups in total. The van der Waals surface area contributed by atoms with Gasteiger partial charge in [-0.15, -0.1) is 0 Å². The fourth-order valence-corrected chi connectivity index (χ4v) is 1.99. The Balaban J connectivity index is 2.21. The molecule has 1 aromatic rings. The Morgan fingerprint density at radius 1 is 1.21 bits per heavy atom. The van der Waals surface area contributed by atoms with E-state index >= 15 is 0 Å². The largest absolute Gasteiger partial charge is 0.378 e. The van der Waals surface area contributed by atoms with E-state index in [-0.39, 0.29) is 0 Å². The zero-order valence-corrected chi connectivity index (χ0v) is 8.84. The smallest absolute Gasteiger partial charge is 0.0662 e. The van der Waals surface area contributed by atoms with Crippen molar-refractivity contribution in [3.8, 4) is 0 Å². The highest BCUT2D eigenvalue weighted by atomic mass is 16.5. The first kappa shape index (κ1) is 9.69. The lowest BCUT2D eigenvalue weighted by Gasteiger charge is -2.24. The second-order valence-corrected chi connectivity index (χ2v) is 4.00. The first-order valence-corrected chi connectivity index (χ1v) is 5.15. The number of ether oxygens (including phenoxy) is 1. The molecule has 0 radical (unpaired) electrons. The molecular weight excluding hydrogens is 174 g/mol. The Labute approximate surface area is 85.3 Å². The lowest BCUT2D eigenvalue weighted by atomic mass is 10.0. The number of hydrogen-bond donors (Lipinski definition) is 1. The van der Waals surface area contributed by atoms with Crippen LogP contribution in [0.5, 0.6) is 0 Å². The van der Waals surface area contributed by atoms with E-state index in [0.29, 0.717) is 6.04 Å². The SMILES string of the molecule is Cc1cc(C)cc([C@@H]2COCCN2)c1. The summed E-state index contributed by atoms with van der Waals surface area (Å²) in [5, 5.41) is 3.46. The second kappa shape index (κ2) is 4.11. The van der Waals surface area contributed by atoms with Crippen molar-refractivity contribution in [2.45, 2.75) is 19.9 Å². The van der Waals surface area contributed by atoms with Gasteiger partial charge in [0, 0.05) is 6.54 Å². The zero-order valence-electron chi connectivity index (χ0n) is 8.84. The molecule has 0 aromatic heterocycles. The predicted octanol–water partition coefficient (Wildman–Crippen LogP) is 1.96. The van der Waals surface area contributed by atoms with Crippen LogP contribution < -0.4 is 5.32 Å². The molecule has 1 saturated heterocycles. The summed E-state index contributed by atoms with van der Waals surface area (Å²) in [4.78, 5) is 0. The van der Waals surface area contributed by atoms with E-state index in [0.717, 1.165) is 19.8 Å². The molecule has 0 amide bonds. The van der Waals surface area contributed by atoms with Crippen molar-refractivity contribution >= 4 is 0 Å². The van der Waals surface area contributed by atoms with Gasteiger partial charge in [-0.25, -0.2) is 0 Å². The second-order valence-electron chi connectivity index (χ2n) is 4.00. The topological polar surface area (TPSA) is 21.3 Å². The molecule has 1 atom stereocenters. The molecule has 1 aromatic carbocycles. The molecule has 0 unspecified atom stereocenters. The van der Waals surface area contributed by atoms with Crippen molar-refractivity contribution in [1.82, 2.24) is 5.32 Å². The minimum Gasteiger partial charge on any atom is -0.378 e. The van der Waals surface area contributed by atoms with Crippen LogP contribution in [-0.2, 0) is 4.74 Å². The number of nitrogens with one attached hydrogen (secondary N) is 1. The molecule has 76 valence electrons. The summed E-state index contributed by atoms with van der Waals surface area (Å²) in [6.45, 7) is 6.86. The summed E-state index contributed by atoms with van der Waals surface area (Å²) in [5.74, 6) is 0. The molecule has 2 nitrogen and oxygen atoms in total. The van der Waals surface area contributed by atoms with Crippen molar-refractivity contribution in [2.24, 2.45) is 0 Å². The third-order valence-electron chi connectivity index (χ3n) is 2.57. The summed E-state index contributed by atoms with van der Waals surface area (Å²) in [6, 6.07) is 7.05. The van der Waals surface area contributed by atoms with Gasteiger partial charge in [0.2, 0.25) is 0 Å². The van der Waals surface area contributed by atoms with Crippen molar-refractivity contribution < 1.29 is 4.74 Å². The molecule has 14 heavy (non-hydrogen) atoms. The molecule has 1 aliphatic rings. The predicted molar refractivity (Wildman–Crippen MR) is 57.5 cm³/mol. The van der Waals surface area contributed by atoms with Gasteiger partial charge in [0.1, 0.15) is 0 Å². The van der Waals surface area contributed by atoms with Crippen LogP contribution >= 0.6 is 0 Å². The van der Waals surface area contributed by atoms with Crippen molar-refractivity contribution in [2.75, 3.05) is 19.8 Å². The number of morpholine rings is 1. The molecule has 0 saturated carbocycles. The average molecular weight is 191 g/mol. The lowest BCUT2D eigenvalue weighted by Crippen LogP contribution is -2.34. The number of aryl methyl sites for hydroxylation is 2. The van der Waals surface area contributed by atoms with Crippen LogP contribution in [0.4, 0.5) is 0 Å². The standard InChI is InChI=1S/C12H17NO/c1-9-5-10(2)7-11(6-9)12-8-14-4-3-13-12/h5-7,12-13H,3-4,8H2,1-2H3/t12-/m0/s1. The van der Waals surface area contributed by atoms with Gasteiger partial charge < -0.3 is 10.1 Å². The monoisotopic (exact) mass is 191 g/mol. The van der Waals surface area contributed by atoms with Crippen molar-refractivity contribution in [1.29, 1.82) is 0 Å². The first-order valence-electron chi connectivity index (χ1n) is 5.15. The third-order valence-corrected chi connectivity index (χ3v) is 2.57. The zero-order chi connectivity index (χ0) is 9.97. The molecule has 1 heterocycles. The van der Waals surface area contributed by atoms with Crippen LogP contribution in [0.15, 0.2) is 18.2 Å². The van der Waals surface area contributed by atoms with E-state index < -0.39 is 0 Å². The minimum absolute atomic E-state index is 0.377. The van der Waals surface area contributed by atoms with Gasteiger partial charge in [0.25, 0.3) is 0 Å². The first-order chi connectivity index (χ1) is 6.75. The highest BCUT2D eigenvalue weighted by Gasteiger charge is 2.15. The molecule has 1 fully saturated rings. The number of rotatable bonds is 1. The van der Waals surface area contributed by atoms with Crippen LogP contribution in [0.3, 0.4) is 0 Å². The summed E-state index contributed by atoms with van der Waals surface area (Å²) >= 11 is 0. The van der Waals surface area contributed by atoms with Gasteiger partial charge in [-0.05, 0) is 19.4 Å². The Bertz CT molecular complexity index is 296. The Morgan fingerprint density at radius 2 is 1.93 bits per heavy atom. The molecule has 0 spiro atoms. The van der Waals surface area contributed by atoms with Crippen molar-refractivity contribution in [3.63, 3.8) is 0 Å². The molecule has 2 heteroatoms. The van der Waals surface area contributed by atoms with Crippen LogP contribution in [0.2, 0.25) is 0 Å². The molecular formula is C12H17NO. The van der Waals surface area contributed by atoms with Crippen LogP contribution in [0.25, 0.3) is 0 Å². The summed E-state index contributed by atoms with van der Waals surface area (Å²) in [7, 11) is 0. The number of benzene rings is 1. The van der Waals surface area contributed by atoms with Crippen molar-refractivity contribution in [3.05, 3.63) is 34.9 Å². The maximum atomic E-state index is 5.45. The van der Waals surface area contributed by atoms with Gasteiger partial charge in [-0.2, -0.15) is 0 Å². The average Bonchev–Trinajstić information content (AvgIpc) is 2.18. The highest BCUT2D eigenvalue weighted by Crippen LogP contribution is 2.18. The molecule has 2 rings (SSSR count). The highest BCUT2D eigenvalue weighted by molar-refractivity contribution is 5.30. The lowest BCUT2D eigenvalue weighted by molar-refractivity contribution is 0.0768. The van der Waals surface area contributed by atoms with E-state index in [9.17, 15) is 0 Å². The molecule has 0 aliphatic carbocycles. The van der Waals surface area contributed by atoms with Gasteiger partial charge >= 0.3 is 0 Å². The van der Waals surface area contributed by atoms with E-state index in [1.807, 2.05) is 0 Å². The van der Waals surface area contributed by atoms with Crippen LogP contribution in [0.1, 0.15) is 22.7 Å². The Hall–Kier alpha value is -0.860. The maximum absolute atomic E-state index is 5.45. The minimum atomic E-state index is 0.377. The number of hydrogen-bond acceptors (Lipinski definition) is 2. The van der Waals surface area contributed by atoms with Gasteiger partial charge in [0.05, 0.1) is 19.3 Å². The summed E-state index contributed by atoms with van der Waals surface area (Å²) in [5.41, 5.74) is 4.00. The Kier molecular flexibility index (Phi) is 2.85. The Morgan fingerprint density at radius 3 is 2.50 bits per heavy atom. The fraction of sp³-hybridized carbons (Fsp3) is 0.500. The normalized spacial score (nSPS) is 22.3. The fourth-order valence-electron chi connectivity index (χ4n) is 1.99. The van der Waals surface area contributed by atoms with E-state index in [1.54, 1.807) is 0 Å². The third kappa shape index (κ3) is 2.14. The van der Waals surface area contributed by atoms with Crippen LogP contribution in [0, 0.1) is 13.8 Å². The summed E-state index contributed by atoms with van der Waals surface area (Å²) < 4.78 is 5.45. The molecule has 0 bridgehead atoms. The quantitative estimate of drug-likeness (QED) is 0.732. The van der Waals surface area contributed by atoms with Gasteiger partial charge in [-0.3, -0.25) is 0 Å². The molecule has 1 aliphatic heterocycles. The van der Waals surface area contributed by atoms with E-state index in [1.165, 1.54) is 16.7 Å². The van der Waals surface area contributed by atoms with Gasteiger partial charge in [0.15, 0.2) is 0 Å².